The van der Waals surface area contributed by atoms with Gasteiger partial charge in [0.25, 0.3) is 0 Å². The fraction of sp³-hybridized carbons (Fsp3) is 0.485. The first-order chi connectivity index (χ1) is 21.6. The number of fused-ring (bicyclic) bond motifs is 4. The summed E-state index contributed by atoms with van der Waals surface area (Å²) in [7, 11) is 0. The topological polar surface area (TPSA) is 74.3 Å². The number of alkyl halides is 1. The molecule has 3 fully saturated rings. The zero-order valence-electron chi connectivity index (χ0n) is 24.8. The van der Waals surface area contributed by atoms with Crippen molar-refractivity contribution in [3.63, 3.8) is 0 Å². The summed E-state index contributed by atoms with van der Waals surface area (Å²) in [6.07, 6.45) is 5.79. The summed E-state index contributed by atoms with van der Waals surface area (Å²) >= 11 is 6.69. The lowest BCUT2D eigenvalue weighted by Crippen LogP contribution is -2.49. The van der Waals surface area contributed by atoms with Crippen molar-refractivity contribution in [3.05, 3.63) is 64.8 Å². The number of likely N-dealkylation sites (tertiary alicyclic amines) is 1. The largest absolute Gasteiger partial charge is 0.463 e. The molecule has 0 unspecified atom stereocenters. The number of rotatable bonds is 9. The summed E-state index contributed by atoms with van der Waals surface area (Å²) in [4.78, 5) is 31.2. The predicted octanol–water partition coefficient (Wildman–Crippen LogP) is 4.26. The number of benzene rings is 2. The minimum atomic E-state index is -0.642. The number of carbonyl (C=O) groups excluding carboxylic acids is 1. The van der Waals surface area contributed by atoms with Crippen LogP contribution in [0, 0.1) is 0 Å². The van der Waals surface area contributed by atoms with Gasteiger partial charge in [-0.25, -0.2) is 4.39 Å². The normalized spacial score (nSPS) is 21.9. The van der Waals surface area contributed by atoms with Gasteiger partial charge in [0, 0.05) is 74.6 Å². The van der Waals surface area contributed by atoms with Gasteiger partial charge in [0.2, 0.25) is 5.91 Å². The van der Waals surface area contributed by atoms with Crippen molar-refractivity contribution in [1.29, 1.82) is 0 Å². The molecule has 1 aromatic heterocycles. The maximum Gasteiger partial charge on any atom is 0.318 e. The van der Waals surface area contributed by atoms with Crippen LogP contribution in [0.2, 0.25) is 5.02 Å². The number of piperazine rings is 1. The predicted molar refractivity (Wildman–Crippen MR) is 169 cm³/mol. The second kappa shape index (κ2) is 12.9. The summed E-state index contributed by atoms with van der Waals surface area (Å²) in [6, 6.07) is 13.2. The Hall–Kier alpha value is -3.47. The first-order valence-corrected chi connectivity index (χ1v) is 16.0. The molecule has 0 saturated carbocycles. The monoisotopic (exact) mass is 620 g/mol. The fourth-order valence-electron chi connectivity index (χ4n) is 7.03. The summed E-state index contributed by atoms with van der Waals surface area (Å²) in [6.45, 7) is 6.53. The van der Waals surface area contributed by atoms with E-state index in [1.54, 1.807) is 4.90 Å². The van der Waals surface area contributed by atoms with Gasteiger partial charge in [0.05, 0.1) is 36.6 Å². The van der Waals surface area contributed by atoms with E-state index in [0.29, 0.717) is 57.5 Å². The summed E-state index contributed by atoms with van der Waals surface area (Å²) in [5.74, 6) is 0.735. The quantitative estimate of drug-likeness (QED) is 0.260. The molecule has 2 bridgehead atoms. The van der Waals surface area contributed by atoms with Gasteiger partial charge in [-0.2, -0.15) is 9.97 Å². The molecule has 1 amide bonds. The molecular weight excluding hydrogens is 583 g/mol. The van der Waals surface area contributed by atoms with E-state index in [2.05, 4.69) is 39.0 Å². The van der Waals surface area contributed by atoms with Gasteiger partial charge in [-0.1, -0.05) is 35.9 Å². The van der Waals surface area contributed by atoms with Gasteiger partial charge in [0.15, 0.2) is 0 Å². The summed E-state index contributed by atoms with van der Waals surface area (Å²) < 4.78 is 24.5. The van der Waals surface area contributed by atoms with Crippen LogP contribution in [0.1, 0.15) is 24.1 Å². The maximum absolute atomic E-state index is 12.6. The van der Waals surface area contributed by atoms with Crippen LogP contribution in [0.5, 0.6) is 6.01 Å². The van der Waals surface area contributed by atoms with Gasteiger partial charge in [-0.3, -0.25) is 9.69 Å². The third-order valence-corrected chi connectivity index (χ3v) is 9.59. The van der Waals surface area contributed by atoms with Crippen molar-refractivity contribution in [3.8, 4) is 6.01 Å². The number of carbonyl (C=O) groups is 1. The molecule has 11 heteroatoms. The smallest absolute Gasteiger partial charge is 0.318 e. The number of hydrogen-bond donors (Lipinski definition) is 0. The number of aromatic nitrogens is 2. The van der Waals surface area contributed by atoms with Gasteiger partial charge in [0.1, 0.15) is 12.5 Å². The van der Waals surface area contributed by atoms with Gasteiger partial charge in [-0.05, 0) is 42.9 Å². The molecule has 0 aliphatic carbocycles. The molecular formula is C33H38ClFN6O3. The van der Waals surface area contributed by atoms with Crippen molar-refractivity contribution in [1.82, 2.24) is 19.8 Å². The van der Waals surface area contributed by atoms with Gasteiger partial charge >= 0.3 is 6.01 Å². The lowest BCUT2D eigenvalue weighted by atomic mass is 10.0. The van der Waals surface area contributed by atoms with Gasteiger partial charge in [-0.15, -0.1) is 0 Å². The second-order valence-electron chi connectivity index (χ2n) is 12.0. The molecule has 44 heavy (non-hydrogen) atoms. The Morgan fingerprint density at radius 3 is 2.70 bits per heavy atom. The molecule has 232 valence electrons. The van der Waals surface area contributed by atoms with Crippen molar-refractivity contribution in [2.75, 3.05) is 75.5 Å². The van der Waals surface area contributed by atoms with Crippen LogP contribution in [0.15, 0.2) is 48.6 Å². The summed E-state index contributed by atoms with van der Waals surface area (Å²) in [5, 5.41) is 2.90. The molecule has 0 N–H and O–H groups in total. The number of allylic oxidation sites excluding steroid dienone is 1. The minimum Gasteiger partial charge on any atom is -0.463 e. The van der Waals surface area contributed by atoms with Crippen LogP contribution in [-0.4, -0.2) is 104 Å². The molecule has 3 saturated heterocycles. The molecule has 7 rings (SSSR count). The Bertz CT molecular complexity index is 1540. The highest BCUT2D eigenvalue weighted by Gasteiger charge is 2.38. The van der Waals surface area contributed by atoms with E-state index >= 15 is 0 Å². The van der Waals surface area contributed by atoms with Crippen LogP contribution >= 0.6 is 11.6 Å². The van der Waals surface area contributed by atoms with Crippen LogP contribution in [-0.2, 0) is 22.5 Å². The number of hydrogen-bond acceptors (Lipinski definition) is 8. The Balaban J connectivity index is 1.11. The second-order valence-corrected chi connectivity index (χ2v) is 12.4. The SMILES string of the molecule is O=C(/C=C/CF)N1CCN(c2nc(OCCCN3C[C@@H]4C[C@H]3CO4)nc3c2CCN(c2cccc4cccc(Cl)c24)C3)CC1. The standard InChI is InChI=1S/C33H38ClFN6O3/c34-27-7-1-5-23-6-2-8-29(31(23)27)41-13-10-26-28(21-41)36-33(43-18-4-12-40-20-25-19-24(40)22-44-25)37-32(26)39-16-14-38(15-17-39)30(42)9-3-11-35/h1-3,5-9,24-25H,4,10-22H2/b9-3+/t24-,25-/m0/s1. The van der Waals surface area contributed by atoms with Crippen molar-refractivity contribution < 1.29 is 18.7 Å². The highest BCUT2D eigenvalue weighted by Crippen LogP contribution is 2.37. The minimum absolute atomic E-state index is 0.154. The van der Waals surface area contributed by atoms with E-state index in [4.69, 9.17) is 31.0 Å². The highest BCUT2D eigenvalue weighted by molar-refractivity contribution is 6.36. The number of amides is 1. The molecule has 0 radical (unpaired) electrons. The van der Waals surface area contributed by atoms with E-state index < -0.39 is 6.67 Å². The van der Waals surface area contributed by atoms with Crippen LogP contribution in [0.25, 0.3) is 10.8 Å². The van der Waals surface area contributed by atoms with Crippen molar-refractivity contribution in [2.45, 2.75) is 38.0 Å². The molecule has 2 aromatic carbocycles. The first-order valence-electron chi connectivity index (χ1n) is 15.6. The Morgan fingerprint density at radius 2 is 1.93 bits per heavy atom. The highest BCUT2D eigenvalue weighted by atomic mass is 35.5. The van der Waals surface area contributed by atoms with E-state index in [0.717, 1.165) is 84.1 Å². The Labute approximate surface area is 262 Å². The number of halogens is 2. The van der Waals surface area contributed by atoms with Crippen LogP contribution in [0.4, 0.5) is 15.9 Å². The zero-order chi connectivity index (χ0) is 30.0. The lowest BCUT2D eigenvalue weighted by Gasteiger charge is -2.38. The van der Waals surface area contributed by atoms with Crippen molar-refractivity contribution >= 4 is 39.8 Å². The molecule has 4 aliphatic heterocycles. The lowest BCUT2D eigenvalue weighted by molar-refractivity contribution is -0.126. The third-order valence-electron chi connectivity index (χ3n) is 9.27. The van der Waals surface area contributed by atoms with E-state index in [-0.39, 0.29) is 5.91 Å². The number of nitrogens with zero attached hydrogens (tertiary/aromatic N) is 6. The first kappa shape index (κ1) is 29.3. The number of ether oxygens (including phenoxy) is 2. The Morgan fingerprint density at radius 1 is 1.09 bits per heavy atom. The van der Waals surface area contributed by atoms with Crippen LogP contribution < -0.4 is 14.5 Å². The number of anilines is 2. The molecule has 9 nitrogen and oxygen atoms in total. The van der Waals surface area contributed by atoms with Gasteiger partial charge < -0.3 is 24.2 Å². The maximum atomic E-state index is 12.6. The molecule has 0 spiro atoms. The summed E-state index contributed by atoms with van der Waals surface area (Å²) in [5.41, 5.74) is 3.18. The van der Waals surface area contributed by atoms with Crippen molar-refractivity contribution in [2.24, 2.45) is 0 Å². The number of morpholine rings is 1. The molecule has 2 atom stereocenters. The van der Waals surface area contributed by atoms with E-state index in [9.17, 15) is 9.18 Å². The Kier molecular flexibility index (Phi) is 8.56. The molecule has 3 aromatic rings. The molecule has 5 heterocycles. The van der Waals surface area contributed by atoms with Crippen LogP contribution in [0.3, 0.4) is 0 Å². The zero-order valence-corrected chi connectivity index (χ0v) is 25.6. The van der Waals surface area contributed by atoms with E-state index in [1.807, 2.05) is 12.1 Å². The average Bonchev–Trinajstić information content (AvgIpc) is 3.69. The average molecular weight is 621 g/mol. The fourth-order valence-corrected chi connectivity index (χ4v) is 7.31. The van der Waals surface area contributed by atoms with E-state index in [1.165, 1.54) is 12.2 Å². The third kappa shape index (κ3) is 5.95. The molecule has 4 aliphatic rings.